The molecule has 250 valence electrons. The van der Waals surface area contributed by atoms with Gasteiger partial charge in [-0.1, -0.05) is 48.5 Å². The molecule has 0 bridgehead atoms. The van der Waals surface area contributed by atoms with Gasteiger partial charge in [0.2, 0.25) is 5.91 Å². The topological polar surface area (TPSA) is 189 Å². The molecule has 13 heteroatoms. The van der Waals surface area contributed by atoms with Crippen LogP contribution in [-0.2, 0) is 22.6 Å². The van der Waals surface area contributed by atoms with Gasteiger partial charge in [-0.15, -0.1) is 0 Å². The number of hydrogen-bond acceptors (Lipinski definition) is 8. The summed E-state index contributed by atoms with van der Waals surface area (Å²) in [4.78, 5) is 65.6. The number of rotatable bonds is 10. The molecule has 4 N–H and O–H groups in total. The van der Waals surface area contributed by atoms with Gasteiger partial charge in [-0.25, -0.2) is 9.59 Å². The Hall–Kier alpha value is -6.37. The minimum atomic E-state index is -1.21. The number of non-ortho nitro benzene ring substituents is 1. The van der Waals surface area contributed by atoms with Crippen LogP contribution >= 0.6 is 0 Å². The number of hydrogen-bond donors (Lipinski definition) is 4. The molecule has 1 aliphatic rings. The van der Waals surface area contributed by atoms with E-state index >= 15 is 0 Å². The van der Waals surface area contributed by atoms with Crippen LogP contribution in [0.5, 0.6) is 0 Å². The molecule has 0 saturated heterocycles. The first-order valence-electron chi connectivity index (χ1n) is 15.2. The van der Waals surface area contributed by atoms with Crippen LogP contribution < -0.4 is 16.0 Å². The molecule has 0 radical (unpaired) electrons. The number of carboxylic acids is 1. The number of aliphatic imine (C=N–C) groups is 1. The van der Waals surface area contributed by atoms with E-state index in [1.54, 1.807) is 75.4 Å². The monoisotopic (exact) mass is 663 g/mol. The lowest BCUT2D eigenvalue weighted by atomic mass is 9.90. The SMILES string of the molecule is CC(C)(C)OC(=O)NCc1ccc(N=C(c2ccc(CNC(=O)c3ccccc3C(=O)O)cc2)C2C(=O)Nc3ccc([N+](=O)[O-])cc32)cc1. The van der Waals surface area contributed by atoms with E-state index in [4.69, 9.17) is 9.73 Å². The van der Waals surface area contributed by atoms with Gasteiger partial charge in [0.1, 0.15) is 11.5 Å². The molecule has 4 aromatic carbocycles. The van der Waals surface area contributed by atoms with Gasteiger partial charge in [-0.05, 0) is 67.8 Å². The second-order valence-corrected chi connectivity index (χ2v) is 12.2. The number of aromatic carboxylic acids is 1. The standard InChI is InChI=1S/C36H33N5O8/c1-36(2,3)49-35(46)38-20-22-10-14-24(15-11-22)39-31(30-28-18-25(41(47)48)16-17-29(28)40-33(30)43)23-12-8-21(9-13-23)19-37-32(42)26-6-4-5-7-27(26)34(44)45/h4-18,30H,19-20H2,1-3H3,(H,37,42)(H,38,46)(H,40,43)(H,44,45). The Bertz CT molecular complexity index is 1960. The number of carbonyl (C=O) groups is 4. The van der Waals surface area contributed by atoms with Gasteiger partial charge < -0.3 is 25.8 Å². The largest absolute Gasteiger partial charge is 0.478 e. The first kappa shape index (κ1) is 34.0. The van der Waals surface area contributed by atoms with Crippen molar-refractivity contribution in [2.75, 3.05) is 5.32 Å². The number of benzene rings is 4. The van der Waals surface area contributed by atoms with Crippen LogP contribution in [0.3, 0.4) is 0 Å². The van der Waals surface area contributed by atoms with Gasteiger partial charge in [0.05, 0.1) is 27.4 Å². The first-order chi connectivity index (χ1) is 23.3. The second-order valence-electron chi connectivity index (χ2n) is 12.2. The Morgan fingerprint density at radius 3 is 2.12 bits per heavy atom. The molecular formula is C36H33N5O8. The molecule has 5 rings (SSSR count). The van der Waals surface area contributed by atoms with Crippen molar-refractivity contribution in [3.05, 3.63) is 134 Å². The van der Waals surface area contributed by atoms with E-state index < -0.39 is 40.3 Å². The molecule has 0 saturated carbocycles. The van der Waals surface area contributed by atoms with Crippen LogP contribution in [0.1, 0.15) is 69.7 Å². The maximum atomic E-state index is 13.4. The number of carboxylic acid groups (broad SMARTS) is 1. The zero-order chi connectivity index (χ0) is 35.3. The predicted octanol–water partition coefficient (Wildman–Crippen LogP) is 6.10. The summed E-state index contributed by atoms with van der Waals surface area (Å²) in [6, 6.07) is 24.0. The van der Waals surface area contributed by atoms with Gasteiger partial charge in [0.15, 0.2) is 0 Å². The highest BCUT2D eigenvalue weighted by Crippen LogP contribution is 2.38. The molecule has 1 atom stereocenters. The third-order valence-electron chi connectivity index (χ3n) is 7.48. The molecule has 0 aliphatic carbocycles. The minimum absolute atomic E-state index is 0.0349. The van der Waals surface area contributed by atoms with Crippen molar-refractivity contribution in [3.63, 3.8) is 0 Å². The summed E-state index contributed by atoms with van der Waals surface area (Å²) >= 11 is 0. The summed E-state index contributed by atoms with van der Waals surface area (Å²) in [6.07, 6.45) is -0.551. The summed E-state index contributed by atoms with van der Waals surface area (Å²) in [5.41, 5.74) is 2.83. The maximum Gasteiger partial charge on any atom is 0.407 e. The van der Waals surface area contributed by atoms with E-state index in [1.807, 2.05) is 0 Å². The molecule has 0 spiro atoms. The first-order valence-corrected chi connectivity index (χ1v) is 15.2. The van der Waals surface area contributed by atoms with E-state index in [0.29, 0.717) is 33.8 Å². The Morgan fingerprint density at radius 2 is 1.51 bits per heavy atom. The fourth-order valence-electron chi connectivity index (χ4n) is 5.18. The zero-order valence-electron chi connectivity index (χ0n) is 26.9. The van der Waals surface area contributed by atoms with Crippen LogP contribution in [0, 0.1) is 10.1 Å². The third-order valence-corrected chi connectivity index (χ3v) is 7.48. The van der Waals surface area contributed by atoms with Gasteiger partial charge in [0, 0.05) is 36.5 Å². The van der Waals surface area contributed by atoms with E-state index in [2.05, 4.69) is 16.0 Å². The normalized spacial score (nSPS) is 14.0. The number of nitrogens with one attached hydrogen (secondary N) is 3. The van der Waals surface area contributed by atoms with E-state index in [1.165, 1.54) is 36.4 Å². The molecule has 4 aromatic rings. The van der Waals surface area contributed by atoms with Crippen LogP contribution in [-0.4, -0.2) is 45.2 Å². The minimum Gasteiger partial charge on any atom is -0.478 e. The Morgan fingerprint density at radius 1 is 0.898 bits per heavy atom. The smallest absolute Gasteiger partial charge is 0.407 e. The van der Waals surface area contributed by atoms with Crippen molar-refractivity contribution >= 4 is 46.7 Å². The molecule has 0 aromatic heterocycles. The Kier molecular flexibility index (Phi) is 9.83. The van der Waals surface area contributed by atoms with Crippen LogP contribution in [0.2, 0.25) is 0 Å². The Labute approximate surface area is 281 Å². The number of ether oxygens (including phenoxy) is 1. The summed E-state index contributed by atoms with van der Waals surface area (Å²) < 4.78 is 5.28. The molecule has 3 amide bonds. The number of alkyl carbamates (subject to hydrolysis) is 1. The van der Waals surface area contributed by atoms with Gasteiger partial charge in [-0.2, -0.15) is 0 Å². The molecule has 49 heavy (non-hydrogen) atoms. The summed E-state index contributed by atoms with van der Waals surface area (Å²) in [5.74, 6) is -3.13. The number of carbonyl (C=O) groups excluding carboxylic acids is 3. The van der Waals surface area contributed by atoms with E-state index in [9.17, 15) is 34.4 Å². The van der Waals surface area contributed by atoms with Crippen molar-refractivity contribution in [1.29, 1.82) is 0 Å². The van der Waals surface area contributed by atoms with Crippen molar-refractivity contribution in [1.82, 2.24) is 10.6 Å². The van der Waals surface area contributed by atoms with Crippen LogP contribution in [0.15, 0.2) is 96.0 Å². The molecule has 0 fully saturated rings. The number of nitro benzene ring substituents is 1. The summed E-state index contributed by atoms with van der Waals surface area (Å²) in [5, 5.41) is 29.2. The lowest BCUT2D eigenvalue weighted by molar-refractivity contribution is -0.384. The fourth-order valence-corrected chi connectivity index (χ4v) is 5.18. The van der Waals surface area contributed by atoms with Crippen molar-refractivity contribution in [2.24, 2.45) is 4.99 Å². The van der Waals surface area contributed by atoms with E-state index in [0.717, 1.165) is 5.56 Å². The molecular weight excluding hydrogens is 630 g/mol. The van der Waals surface area contributed by atoms with Crippen molar-refractivity contribution < 1.29 is 33.9 Å². The van der Waals surface area contributed by atoms with Gasteiger partial charge in [-0.3, -0.25) is 24.7 Å². The third kappa shape index (κ3) is 8.32. The summed E-state index contributed by atoms with van der Waals surface area (Å²) in [7, 11) is 0. The van der Waals surface area contributed by atoms with Crippen molar-refractivity contribution in [3.8, 4) is 0 Å². The van der Waals surface area contributed by atoms with Crippen LogP contribution in [0.4, 0.5) is 21.9 Å². The highest BCUT2D eigenvalue weighted by molar-refractivity contribution is 6.24. The van der Waals surface area contributed by atoms with Gasteiger partial charge in [0.25, 0.3) is 11.6 Å². The van der Waals surface area contributed by atoms with Crippen LogP contribution in [0.25, 0.3) is 0 Å². The molecule has 1 heterocycles. The number of fused-ring (bicyclic) bond motifs is 1. The van der Waals surface area contributed by atoms with Gasteiger partial charge >= 0.3 is 12.1 Å². The number of nitrogens with zero attached hydrogens (tertiary/aromatic N) is 2. The molecule has 13 nitrogen and oxygen atoms in total. The van der Waals surface area contributed by atoms with E-state index in [-0.39, 0.29) is 29.9 Å². The number of nitro groups is 1. The fraction of sp³-hybridized carbons (Fsp3) is 0.194. The maximum absolute atomic E-state index is 13.4. The lowest BCUT2D eigenvalue weighted by Crippen LogP contribution is -2.32. The molecule has 1 aliphatic heterocycles. The average Bonchev–Trinajstić information content (AvgIpc) is 3.39. The molecule has 1 unspecified atom stereocenters. The zero-order valence-corrected chi connectivity index (χ0v) is 26.9. The Balaban J connectivity index is 1.42. The highest BCUT2D eigenvalue weighted by Gasteiger charge is 2.36. The lowest BCUT2D eigenvalue weighted by Gasteiger charge is -2.19. The number of amides is 3. The quantitative estimate of drug-likeness (QED) is 0.0888. The predicted molar refractivity (Wildman–Crippen MR) is 181 cm³/mol. The summed E-state index contributed by atoms with van der Waals surface area (Å²) in [6.45, 7) is 5.63. The highest BCUT2D eigenvalue weighted by atomic mass is 16.6. The number of anilines is 1. The van der Waals surface area contributed by atoms with Crippen molar-refractivity contribution in [2.45, 2.75) is 45.4 Å². The average molecular weight is 664 g/mol. The second kappa shape index (κ2) is 14.2.